The van der Waals surface area contributed by atoms with E-state index < -0.39 is 5.41 Å². The Kier molecular flexibility index (Phi) is 7.80. The molecule has 1 saturated carbocycles. The number of aryl methyl sites for hydroxylation is 3. The van der Waals surface area contributed by atoms with Gasteiger partial charge in [-0.2, -0.15) is 5.26 Å². The first kappa shape index (κ1) is 29.6. The van der Waals surface area contributed by atoms with Gasteiger partial charge in [-0.1, -0.05) is 31.4 Å². The number of rotatable bonds is 10. The first-order valence-corrected chi connectivity index (χ1v) is 15.5. The first-order valence-electron chi connectivity index (χ1n) is 15.5. The third kappa shape index (κ3) is 5.07. The lowest BCUT2D eigenvalue weighted by Gasteiger charge is -2.37. The van der Waals surface area contributed by atoms with Gasteiger partial charge in [-0.15, -0.1) is 10.2 Å². The van der Waals surface area contributed by atoms with E-state index in [1.807, 2.05) is 26.1 Å². The van der Waals surface area contributed by atoms with Crippen LogP contribution in [-0.4, -0.2) is 64.8 Å². The van der Waals surface area contributed by atoms with E-state index >= 15 is 0 Å². The fraction of sp³-hybridized carbons (Fsp3) is 0.429. The molecule has 3 aromatic rings. The van der Waals surface area contributed by atoms with Gasteiger partial charge in [0.15, 0.2) is 0 Å². The molecule has 2 aromatic carbocycles. The maximum absolute atomic E-state index is 12.7. The normalized spacial score (nSPS) is 23.8. The van der Waals surface area contributed by atoms with Crippen LogP contribution in [0.25, 0.3) is 5.70 Å². The highest BCUT2D eigenvalue weighted by Gasteiger charge is 2.52. The van der Waals surface area contributed by atoms with Gasteiger partial charge in [0, 0.05) is 49.7 Å². The third-order valence-corrected chi connectivity index (χ3v) is 9.82. The van der Waals surface area contributed by atoms with Gasteiger partial charge in [0.2, 0.25) is 0 Å². The summed E-state index contributed by atoms with van der Waals surface area (Å²) in [5, 5.41) is 28.6. The molecule has 4 N–H and O–H groups in total. The Balaban J connectivity index is 1.43. The van der Waals surface area contributed by atoms with Crippen LogP contribution in [-0.2, 0) is 18.3 Å². The maximum Gasteiger partial charge on any atom is 0.251 e. The second-order valence-electron chi connectivity index (χ2n) is 12.6. The molecule has 2 unspecified atom stereocenters. The molecule has 9 heteroatoms. The Morgan fingerprint density at radius 2 is 1.77 bits per heavy atom. The van der Waals surface area contributed by atoms with Crippen molar-refractivity contribution in [2.24, 2.45) is 5.92 Å². The molecular formula is C35H42N8O. The summed E-state index contributed by atoms with van der Waals surface area (Å²) in [6.45, 7) is 13.3. The van der Waals surface area contributed by atoms with E-state index in [2.05, 4.69) is 81.3 Å². The quantitative estimate of drug-likeness (QED) is 0.282. The van der Waals surface area contributed by atoms with Crippen molar-refractivity contribution in [1.82, 2.24) is 36.0 Å². The van der Waals surface area contributed by atoms with Crippen LogP contribution in [0.15, 0.2) is 55.3 Å². The smallest absolute Gasteiger partial charge is 0.251 e. The molecule has 0 spiro atoms. The number of carbonyl (C=O) groups excluding carboxylic acids is 1. The van der Waals surface area contributed by atoms with Gasteiger partial charge in [0.1, 0.15) is 17.7 Å². The minimum atomic E-state index is -0.665. The van der Waals surface area contributed by atoms with Crippen LogP contribution in [0.3, 0.4) is 0 Å². The SMILES string of the molecule is C=C(NC)c1ccc2c(c1)CCc1cc(C(=O)NC)ccc1C2(C[C@H](C)NCC(=C)N1C(C#N)C[C@@H]2C[C@@H]21)c1nnc(C)[nH]1. The van der Waals surface area contributed by atoms with Gasteiger partial charge < -0.3 is 25.8 Å². The number of nitrogens with zero attached hydrogens (tertiary/aromatic N) is 4. The summed E-state index contributed by atoms with van der Waals surface area (Å²) in [5.74, 6) is 2.06. The Morgan fingerprint density at radius 1 is 1.09 bits per heavy atom. The fourth-order valence-electron chi connectivity index (χ4n) is 7.52. The second-order valence-corrected chi connectivity index (χ2v) is 12.6. The zero-order valence-corrected chi connectivity index (χ0v) is 26.1. The summed E-state index contributed by atoms with van der Waals surface area (Å²) in [5.41, 5.74) is 7.49. The number of likely N-dealkylation sites (tertiary alicyclic amines) is 1. The van der Waals surface area contributed by atoms with Crippen molar-refractivity contribution >= 4 is 11.6 Å². The number of benzene rings is 2. The number of piperidine rings is 1. The lowest BCUT2D eigenvalue weighted by molar-refractivity contribution is 0.0963. The van der Waals surface area contributed by atoms with Crippen molar-refractivity contribution in [2.75, 3.05) is 20.6 Å². The molecule has 0 radical (unpaired) electrons. The van der Waals surface area contributed by atoms with Crippen LogP contribution in [0.1, 0.15) is 76.0 Å². The van der Waals surface area contributed by atoms with Gasteiger partial charge in [0.25, 0.3) is 5.91 Å². The number of H-pyrrole nitrogens is 1. The molecule has 1 saturated heterocycles. The average Bonchev–Trinajstić information content (AvgIpc) is 3.53. The molecule has 1 aliphatic heterocycles. The maximum atomic E-state index is 12.7. The number of amides is 1. The summed E-state index contributed by atoms with van der Waals surface area (Å²) in [7, 11) is 3.55. The van der Waals surface area contributed by atoms with Gasteiger partial charge in [-0.05, 0) is 97.9 Å². The van der Waals surface area contributed by atoms with Crippen LogP contribution in [0.4, 0.5) is 0 Å². The monoisotopic (exact) mass is 590 g/mol. The first-order chi connectivity index (χ1) is 21.2. The molecule has 2 fully saturated rings. The standard InChI is InChI=1S/C35H42N8O/c1-20(39-19-21(2)43-29(18-36)15-28-16-32(28)43)17-35(34-40-23(4)41-42-34)30-11-9-24(22(3)37-5)13-25(30)7-8-26-14-27(33(44)38-6)10-12-31(26)35/h9-14,20,28-29,32,37,39H,2-3,7-8,15-17,19H2,1,4-6H3,(H,38,44)(H,40,41,42)/t20-,28+,29?,32-,35?/m0/s1. The topological polar surface area (TPSA) is 122 Å². The van der Waals surface area contributed by atoms with E-state index in [1.165, 1.54) is 11.1 Å². The molecule has 9 nitrogen and oxygen atoms in total. The molecule has 2 heterocycles. The van der Waals surface area contributed by atoms with Crippen molar-refractivity contribution < 1.29 is 4.79 Å². The molecule has 6 rings (SSSR count). The number of aromatic amines is 1. The number of nitriles is 1. The second kappa shape index (κ2) is 11.6. The van der Waals surface area contributed by atoms with E-state index in [4.69, 9.17) is 5.10 Å². The minimum Gasteiger partial charge on any atom is -0.388 e. The molecule has 228 valence electrons. The van der Waals surface area contributed by atoms with Gasteiger partial charge in [-0.25, -0.2) is 0 Å². The van der Waals surface area contributed by atoms with E-state index in [0.717, 1.165) is 65.4 Å². The minimum absolute atomic E-state index is 0.0414. The summed E-state index contributed by atoms with van der Waals surface area (Å²) in [6.07, 6.45) is 4.38. The Morgan fingerprint density at radius 3 is 2.39 bits per heavy atom. The molecule has 1 amide bonds. The summed E-state index contributed by atoms with van der Waals surface area (Å²) < 4.78 is 0. The average molecular weight is 591 g/mol. The lowest BCUT2D eigenvalue weighted by atomic mass is 9.67. The van der Waals surface area contributed by atoms with Crippen molar-refractivity contribution in [2.45, 2.75) is 69.5 Å². The van der Waals surface area contributed by atoms with E-state index in [1.54, 1.807) is 7.05 Å². The zero-order chi connectivity index (χ0) is 31.2. The zero-order valence-electron chi connectivity index (χ0n) is 26.1. The summed E-state index contributed by atoms with van der Waals surface area (Å²) >= 11 is 0. The van der Waals surface area contributed by atoms with Crippen molar-refractivity contribution in [1.29, 1.82) is 5.26 Å². The predicted octanol–water partition coefficient (Wildman–Crippen LogP) is 3.96. The van der Waals surface area contributed by atoms with Crippen LogP contribution < -0.4 is 16.0 Å². The lowest BCUT2D eigenvalue weighted by Crippen LogP contribution is -2.42. The van der Waals surface area contributed by atoms with E-state index in [0.29, 0.717) is 30.5 Å². The van der Waals surface area contributed by atoms with Crippen molar-refractivity contribution in [3.8, 4) is 6.07 Å². The van der Waals surface area contributed by atoms with E-state index in [9.17, 15) is 10.1 Å². The molecular weight excluding hydrogens is 548 g/mol. The van der Waals surface area contributed by atoms with E-state index in [-0.39, 0.29) is 18.0 Å². The molecule has 44 heavy (non-hydrogen) atoms. The number of hydrogen-bond acceptors (Lipinski definition) is 7. The highest BCUT2D eigenvalue weighted by molar-refractivity contribution is 5.94. The largest absolute Gasteiger partial charge is 0.388 e. The Bertz CT molecular complexity index is 1600. The summed E-state index contributed by atoms with van der Waals surface area (Å²) in [4.78, 5) is 18.5. The fourth-order valence-corrected chi connectivity index (χ4v) is 7.52. The number of nitrogens with one attached hydrogen (secondary N) is 4. The van der Waals surface area contributed by atoms with Crippen LogP contribution in [0.2, 0.25) is 0 Å². The van der Waals surface area contributed by atoms with Gasteiger partial charge >= 0.3 is 0 Å². The number of fused-ring (bicyclic) bond motifs is 3. The van der Waals surface area contributed by atoms with Crippen molar-refractivity contribution in [3.05, 3.63) is 100 Å². The molecule has 0 bridgehead atoms. The number of hydrogen-bond donors (Lipinski definition) is 4. The van der Waals surface area contributed by atoms with Crippen LogP contribution in [0, 0.1) is 24.2 Å². The summed E-state index contributed by atoms with van der Waals surface area (Å²) in [6, 6.07) is 15.5. The van der Waals surface area contributed by atoms with Gasteiger partial charge in [0.05, 0.1) is 11.5 Å². The third-order valence-electron chi connectivity index (χ3n) is 9.82. The predicted molar refractivity (Wildman–Crippen MR) is 172 cm³/mol. The highest BCUT2D eigenvalue weighted by atomic mass is 16.1. The molecule has 2 aliphatic carbocycles. The molecule has 5 atom stereocenters. The van der Waals surface area contributed by atoms with Crippen LogP contribution >= 0.6 is 0 Å². The molecule has 1 aromatic heterocycles. The van der Waals surface area contributed by atoms with Crippen LogP contribution in [0.5, 0.6) is 0 Å². The molecule has 3 aliphatic rings. The Labute approximate surface area is 259 Å². The highest BCUT2D eigenvalue weighted by Crippen LogP contribution is 2.50. The number of aromatic nitrogens is 3. The van der Waals surface area contributed by atoms with Crippen molar-refractivity contribution in [3.63, 3.8) is 0 Å². The number of carbonyl (C=O) groups is 1. The van der Waals surface area contributed by atoms with Gasteiger partial charge in [-0.3, -0.25) is 4.79 Å². The Hall–Kier alpha value is -4.42.